The summed E-state index contributed by atoms with van der Waals surface area (Å²) in [6, 6.07) is 16.0. The lowest BCUT2D eigenvalue weighted by Gasteiger charge is -2.11. The van der Waals surface area contributed by atoms with E-state index in [9.17, 15) is 9.90 Å². The number of benzene rings is 2. The van der Waals surface area contributed by atoms with Crippen LogP contribution in [0, 0.1) is 0 Å². The van der Waals surface area contributed by atoms with E-state index in [1.165, 1.54) is 12.3 Å². The van der Waals surface area contributed by atoms with Crippen molar-refractivity contribution in [1.29, 1.82) is 0 Å². The number of aromatic nitrogens is 1. The minimum atomic E-state index is -1.17. The van der Waals surface area contributed by atoms with Gasteiger partial charge >= 0.3 is 0 Å². The number of pyridine rings is 1. The second-order valence-corrected chi connectivity index (χ2v) is 5.93. The first-order chi connectivity index (χ1) is 11.6. The van der Waals surface area contributed by atoms with Crippen LogP contribution in [0.4, 0.5) is 0 Å². The number of para-hydroxylation sites is 1. The molecule has 0 aliphatic carbocycles. The summed E-state index contributed by atoms with van der Waals surface area (Å²) in [5, 5.41) is 12.3. The normalized spacial score (nSPS) is 12.6. The van der Waals surface area contributed by atoms with E-state index in [1.54, 1.807) is 18.2 Å². The zero-order valence-corrected chi connectivity index (χ0v) is 13.2. The summed E-state index contributed by atoms with van der Waals surface area (Å²) in [6.07, 6.45) is 0.106. The summed E-state index contributed by atoms with van der Waals surface area (Å²) < 4.78 is 5.46. The van der Waals surface area contributed by atoms with Crippen molar-refractivity contribution < 1.29 is 9.52 Å². The minimum Gasteiger partial charge on any atom is -0.464 e. The lowest BCUT2D eigenvalue weighted by atomic mass is 10.0. The quantitative estimate of drug-likeness (QED) is 0.598. The largest absolute Gasteiger partial charge is 0.464 e. The fraction of sp³-hybridized carbons (Fsp3) is 0.0526. The smallest absolute Gasteiger partial charge is 0.198 e. The van der Waals surface area contributed by atoms with Crippen LogP contribution in [0.5, 0.6) is 0 Å². The predicted octanol–water partition coefficient (Wildman–Crippen LogP) is 4.08. The number of rotatable bonds is 2. The van der Waals surface area contributed by atoms with Gasteiger partial charge in [0.05, 0.1) is 22.2 Å². The Kier molecular flexibility index (Phi) is 3.56. The SMILES string of the molecule is O=c1c(C(O)c2ccc3ccccc3n2)coc2ccc(Cl)cc12. The lowest BCUT2D eigenvalue weighted by Crippen LogP contribution is -2.15. The van der Waals surface area contributed by atoms with Crippen molar-refractivity contribution in [2.45, 2.75) is 6.10 Å². The number of hydrogen-bond acceptors (Lipinski definition) is 4. The third kappa shape index (κ3) is 2.46. The van der Waals surface area contributed by atoms with Crippen molar-refractivity contribution in [3.8, 4) is 0 Å². The molecule has 2 heterocycles. The van der Waals surface area contributed by atoms with E-state index in [4.69, 9.17) is 16.0 Å². The lowest BCUT2D eigenvalue weighted by molar-refractivity contribution is 0.212. The van der Waals surface area contributed by atoms with Gasteiger partial charge in [-0.2, -0.15) is 0 Å². The number of aliphatic hydroxyl groups excluding tert-OH is 1. The Morgan fingerprint density at radius 2 is 1.92 bits per heavy atom. The molecule has 4 nitrogen and oxygen atoms in total. The van der Waals surface area contributed by atoms with E-state index in [0.29, 0.717) is 21.7 Å². The van der Waals surface area contributed by atoms with Gasteiger partial charge in [0.2, 0.25) is 0 Å². The van der Waals surface area contributed by atoms with Gasteiger partial charge in [0.15, 0.2) is 5.43 Å². The Labute approximate surface area is 142 Å². The second-order valence-electron chi connectivity index (χ2n) is 5.49. The van der Waals surface area contributed by atoms with E-state index < -0.39 is 6.10 Å². The van der Waals surface area contributed by atoms with Crippen LogP contribution in [0.15, 0.2) is 70.1 Å². The summed E-state index contributed by atoms with van der Waals surface area (Å²) >= 11 is 5.95. The average molecular weight is 338 g/mol. The Morgan fingerprint density at radius 3 is 2.79 bits per heavy atom. The Balaban J connectivity index is 1.86. The van der Waals surface area contributed by atoms with Crippen LogP contribution in [-0.2, 0) is 0 Å². The number of nitrogens with zero attached hydrogens (tertiary/aromatic N) is 1. The monoisotopic (exact) mass is 337 g/mol. The molecule has 1 atom stereocenters. The summed E-state index contributed by atoms with van der Waals surface area (Å²) in [5.74, 6) is 0. The van der Waals surface area contributed by atoms with Crippen LogP contribution in [0.25, 0.3) is 21.9 Å². The van der Waals surface area contributed by atoms with Gasteiger partial charge in [0, 0.05) is 10.4 Å². The first-order valence-electron chi connectivity index (χ1n) is 7.38. The number of halogens is 1. The maximum atomic E-state index is 12.7. The molecule has 5 heteroatoms. The van der Waals surface area contributed by atoms with Gasteiger partial charge in [-0.1, -0.05) is 35.9 Å². The van der Waals surface area contributed by atoms with Crippen molar-refractivity contribution >= 4 is 33.5 Å². The molecule has 0 amide bonds. The Morgan fingerprint density at radius 1 is 1.08 bits per heavy atom. The number of hydrogen-bond donors (Lipinski definition) is 1. The van der Waals surface area contributed by atoms with Crippen LogP contribution in [0.3, 0.4) is 0 Å². The van der Waals surface area contributed by atoms with E-state index in [2.05, 4.69) is 4.98 Å². The maximum Gasteiger partial charge on any atom is 0.198 e. The fourth-order valence-electron chi connectivity index (χ4n) is 2.70. The molecule has 0 bridgehead atoms. The number of aliphatic hydroxyl groups is 1. The van der Waals surface area contributed by atoms with Gasteiger partial charge in [-0.3, -0.25) is 4.79 Å². The summed E-state index contributed by atoms with van der Waals surface area (Å²) in [6.45, 7) is 0. The molecule has 1 unspecified atom stereocenters. The van der Waals surface area contributed by atoms with Gasteiger partial charge < -0.3 is 9.52 Å². The molecule has 4 aromatic rings. The van der Waals surface area contributed by atoms with Crippen LogP contribution in [0.2, 0.25) is 5.02 Å². The van der Waals surface area contributed by atoms with Crippen molar-refractivity contribution in [3.63, 3.8) is 0 Å². The molecule has 0 spiro atoms. The molecule has 0 saturated heterocycles. The molecule has 24 heavy (non-hydrogen) atoms. The highest BCUT2D eigenvalue weighted by atomic mass is 35.5. The molecule has 2 aromatic carbocycles. The molecule has 4 rings (SSSR count). The van der Waals surface area contributed by atoms with Gasteiger partial charge in [0.1, 0.15) is 18.0 Å². The van der Waals surface area contributed by atoms with E-state index in [1.807, 2.05) is 30.3 Å². The van der Waals surface area contributed by atoms with Crippen LogP contribution in [0.1, 0.15) is 17.4 Å². The van der Waals surface area contributed by atoms with Crippen LogP contribution >= 0.6 is 11.6 Å². The van der Waals surface area contributed by atoms with E-state index in [0.717, 1.165) is 10.9 Å². The second kappa shape index (κ2) is 5.74. The topological polar surface area (TPSA) is 63.3 Å². The van der Waals surface area contributed by atoms with Gasteiger partial charge in [-0.15, -0.1) is 0 Å². The first kappa shape index (κ1) is 14.9. The van der Waals surface area contributed by atoms with Crippen molar-refractivity contribution in [3.05, 3.63) is 87.4 Å². The molecule has 0 aliphatic rings. The maximum absolute atomic E-state index is 12.7. The summed E-state index contributed by atoms with van der Waals surface area (Å²) in [7, 11) is 0. The predicted molar refractivity (Wildman–Crippen MR) is 93.3 cm³/mol. The molecular weight excluding hydrogens is 326 g/mol. The molecule has 0 saturated carbocycles. The van der Waals surface area contributed by atoms with Crippen LogP contribution in [-0.4, -0.2) is 10.1 Å². The van der Waals surface area contributed by atoms with Crippen LogP contribution < -0.4 is 5.43 Å². The van der Waals surface area contributed by atoms with Gasteiger partial charge in [-0.05, 0) is 30.3 Å². The first-order valence-corrected chi connectivity index (χ1v) is 7.76. The summed E-state index contributed by atoms with van der Waals surface area (Å²) in [5.41, 5.74) is 1.38. The highest BCUT2D eigenvalue weighted by Crippen LogP contribution is 2.24. The van der Waals surface area contributed by atoms with Gasteiger partial charge in [0.25, 0.3) is 0 Å². The molecule has 0 radical (unpaired) electrons. The van der Waals surface area contributed by atoms with Crippen molar-refractivity contribution in [2.24, 2.45) is 0 Å². The van der Waals surface area contributed by atoms with E-state index in [-0.39, 0.29) is 11.0 Å². The average Bonchev–Trinajstić information content (AvgIpc) is 2.61. The molecule has 118 valence electrons. The highest BCUT2D eigenvalue weighted by molar-refractivity contribution is 6.31. The zero-order valence-electron chi connectivity index (χ0n) is 12.4. The Hall–Kier alpha value is -2.69. The molecular formula is C19H12ClNO3. The highest BCUT2D eigenvalue weighted by Gasteiger charge is 2.18. The third-order valence-electron chi connectivity index (χ3n) is 3.96. The van der Waals surface area contributed by atoms with Crippen molar-refractivity contribution in [1.82, 2.24) is 4.98 Å². The summed E-state index contributed by atoms with van der Waals surface area (Å²) in [4.78, 5) is 17.1. The minimum absolute atomic E-state index is 0.132. The van der Waals surface area contributed by atoms with Crippen molar-refractivity contribution in [2.75, 3.05) is 0 Å². The fourth-order valence-corrected chi connectivity index (χ4v) is 2.87. The zero-order chi connectivity index (χ0) is 16.7. The molecule has 0 aliphatic heterocycles. The third-order valence-corrected chi connectivity index (χ3v) is 4.19. The van der Waals surface area contributed by atoms with Gasteiger partial charge in [-0.25, -0.2) is 4.98 Å². The molecule has 1 N–H and O–H groups in total. The molecule has 2 aromatic heterocycles. The number of fused-ring (bicyclic) bond motifs is 2. The Bertz CT molecular complexity index is 1120. The van der Waals surface area contributed by atoms with E-state index >= 15 is 0 Å². The standard InChI is InChI=1S/C19H12ClNO3/c20-12-6-8-17-13(9-12)18(22)14(10-24-17)19(23)16-7-5-11-3-1-2-4-15(11)21-16/h1-10,19,23H. The molecule has 0 fully saturated rings.